The molecule has 27 heavy (non-hydrogen) atoms. The topological polar surface area (TPSA) is 65.0 Å². The fourth-order valence-electron chi connectivity index (χ4n) is 2.98. The molecule has 0 spiro atoms. The fraction of sp³-hybridized carbons (Fsp3) is 0.444. The van der Waals surface area contributed by atoms with Crippen LogP contribution in [0.1, 0.15) is 41.5 Å². The van der Waals surface area contributed by atoms with Gasteiger partial charge in [-0.2, -0.15) is 10.2 Å². The van der Waals surface area contributed by atoms with Gasteiger partial charge in [0.25, 0.3) is 0 Å². The Morgan fingerprint density at radius 1 is 1.11 bits per heavy atom. The lowest BCUT2D eigenvalue weighted by Crippen LogP contribution is -2.41. The summed E-state index contributed by atoms with van der Waals surface area (Å²) in [6.45, 7) is 12.3. The van der Waals surface area contributed by atoms with E-state index in [1.165, 1.54) is 0 Å². The zero-order valence-electron chi connectivity index (χ0n) is 16.5. The van der Waals surface area contributed by atoms with Crippen molar-refractivity contribution in [1.29, 1.82) is 0 Å². The maximum absolute atomic E-state index is 6.21. The molecular weight excluding hydrogens is 473 g/mol. The van der Waals surface area contributed by atoms with E-state index in [0.29, 0.717) is 6.37 Å². The molecule has 2 aromatic heterocycles. The Balaban J connectivity index is 0.00000102. The van der Waals surface area contributed by atoms with Crippen LogP contribution in [0.3, 0.4) is 0 Å². The molecule has 1 N–H and O–H groups in total. The molecule has 0 aliphatic carbocycles. The molecule has 1 unspecified atom stereocenters. The molecule has 144 valence electrons. The molecular formula is C18H25BIN4O2P. The Hall–Kier alpha value is -0.955. The second kappa shape index (κ2) is 7.81. The minimum absolute atomic E-state index is 0.366. The number of rotatable bonds is 3. The van der Waals surface area contributed by atoms with E-state index in [2.05, 4.69) is 83.4 Å². The summed E-state index contributed by atoms with van der Waals surface area (Å²) in [4.78, 5) is 0. The van der Waals surface area contributed by atoms with Gasteiger partial charge in [0.15, 0.2) is 0 Å². The molecule has 0 amide bonds. The zero-order chi connectivity index (χ0) is 19.8. The van der Waals surface area contributed by atoms with Crippen molar-refractivity contribution in [1.82, 2.24) is 19.7 Å². The number of H-pyrrole nitrogens is 1. The molecule has 4 rings (SSSR count). The van der Waals surface area contributed by atoms with E-state index in [4.69, 9.17) is 9.31 Å². The van der Waals surface area contributed by atoms with E-state index in [1.54, 1.807) is 0 Å². The van der Waals surface area contributed by atoms with E-state index < -0.39 is 7.12 Å². The number of hydrogen-bond acceptors (Lipinski definition) is 4. The van der Waals surface area contributed by atoms with Crippen molar-refractivity contribution >= 4 is 51.9 Å². The quantitative estimate of drug-likeness (QED) is 0.327. The van der Waals surface area contributed by atoms with E-state index in [0.717, 1.165) is 27.5 Å². The first-order chi connectivity index (χ1) is 12.8. The molecule has 1 atom stereocenters. The number of nitrogens with one attached hydrogen (secondary N) is 1. The van der Waals surface area contributed by atoms with E-state index >= 15 is 0 Å². The minimum Gasteiger partial charge on any atom is -0.399 e. The van der Waals surface area contributed by atoms with Crippen LogP contribution < -0.4 is 5.46 Å². The number of benzene rings is 1. The van der Waals surface area contributed by atoms with Crippen molar-refractivity contribution < 1.29 is 9.31 Å². The first kappa shape index (κ1) is 20.8. The summed E-state index contributed by atoms with van der Waals surface area (Å²) in [5, 5.41) is 12.8. The van der Waals surface area contributed by atoms with Gasteiger partial charge in [-0.25, -0.2) is 4.45 Å². The SMILES string of the molecule is CC.CC1(C)OB(c2ccc(-c3cnn(PI)c3)c3[nH]ncc23)OC1(C)C. The third-order valence-electron chi connectivity index (χ3n) is 5.14. The van der Waals surface area contributed by atoms with E-state index in [1.807, 2.05) is 30.7 Å². The third-order valence-corrected chi connectivity index (χ3v) is 7.04. The maximum Gasteiger partial charge on any atom is 0.495 e. The summed E-state index contributed by atoms with van der Waals surface area (Å²) in [5.41, 5.74) is 3.38. The average molecular weight is 498 g/mol. The molecule has 9 heteroatoms. The first-order valence-electron chi connectivity index (χ1n) is 9.06. The van der Waals surface area contributed by atoms with Gasteiger partial charge in [-0.05, 0) is 55.2 Å². The van der Waals surface area contributed by atoms with Crippen LogP contribution in [-0.4, -0.2) is 38.1 Å². The Labute approximate surface area is 175 Å². The largest absolute Gasteiger partial charge is 0.495 e. The smallest absolute Gasteiger partial charge is 0.399 e. The molecule has 3 aromatic rings. The highest BCUT2D eigenvalue weighted by atomic mass is 127. The highest BCUT2D eigenvalue weighted by Crippen LogP contribution is 2.37. The summed E-state index contributed by atoms with van der Waals surface area (Å²) in [7, 11) is -0.405. The second-order valence-electron chi connectivity index (χ2n) is 7.21. The van der Waals surface area contributed by atoms with Gasteiger partial charge in [-0.3, -0.25) is 5.10 Å². The molecule has 3 heterocycles. The molecule has 1 aromatic carbocycles. The van der Waals surface area contributed by atoms with Crippen LogP contribution >= 0.6 is 28.4 Å². The van der Waals surface area contributed by atoms with Crippen LogP contribution in [0, 0.1) is 0 Å². The Bertz CT molecular complexity index is 924. The fourth-order valence-corrected chi connectivity index (χ4v) is 4.06. The van der Waals surface area contributed by atoms with Gasteiger partial charge in [-0.1, -0.05) is 26.0 Å². The highest BCUT2D eigenvalue weighted by Gasteiger charge is 2.52. The number of fused-ring (bicyclic) bond motifs is 1. The van der Waals surface area contributed by atoms with Crippen molar-refractivity contribution in [2.24, 2.45) is 0 Å². The highest BCUT2D eigenvalue weighted by molar-refractivity contribution is 14.2. The van der Waals surface area contributed by atoms with Gasteiger partial charge in [0, 0.05) is 22.7 Å². The number of aromatic amines is 1. The van der Waals surface area contributed by atoms with Gasteiger partial charge < -0.3 is 9.31 Å². The van der Waals surface area contributed by atoms with Crippen LogP contribution in [0.15, 0.2) is 30.7 Å². The summed E-state index contributed by atoms with van der Waals surface area (Å²) in [6.07, 6.45) is 6.35. The van der Waals surface area contributed by atoms with E-state index in [-0.39, 0.29) is 11.2 Å². The monoisotopic (exact) mass is 498 g/mol. The number of nitrogens with zero attached hydrogens (tertiary/aromatic N) is 3. The average Bonchev–Trinajstić information content (AvgIpc) is 3.34. The van der Waals surface area contributed by atoms with E-state index in [9.17, 15) is 0 Å². The van der Waals surface area contributed by atoms with Crippen LogP contribution in [0.4, 0.5) is 0 Å². The standard InChI is InChI=1S/C16H19BIN4O2P.C2H6/c1-15(2)16(3,4)24-17(23-15)13-6-5-11(14-12(13)8-19-21-14)10-7-20-22(9-10)25-18;1-2/h5-9,25H,1-4H3,(H,19,21);1-2H3. The molecule has 6 nitrogen and oxygen atoms in total. The lowest BCUT2D eigenvalue weighted by molar-refractivity contribution is 0.00578. The van der Waals surface area contributed by atoms with Crippen molar-refractivity contribution in [3.63, 3.8) is 0 Å². The molecule has 0 bridgehead atoms. The summed E-state index contributed by atoms with van der Waals surface area (Å²) < 4.78 is 14.4. The van der Waals surface area contributed by atoms with Gasteiger partial charge in [-0.15, -0.1) is 0 Å². The van der Waals surface area contributed by atoms with Gasteiger partial charge in [0.05, 0.1) is 35.5 Å². The Morgan fingerprint density at radius 3 is 2.37 bits per heavy atom. The summed E-state index contributed by atoms with van der Waals surface area (Å²) in [5.74, 6) is 0. The van der Waals surface area contributed by atoms with Gasteiger partial charge in [0.2, 0.25) is 0 Å². The first-order valence-corrected chi connectivity index (χ1v) is 13.1. The van der Waals surface area contributed by atoms with Crippen molar-refractivity contribution in [3.05, 3.63) is 30.7 Å². The lowest BCUT2D eigenvalue weighted by Gasteiger charge is -2.32. The number of aromatic nitrogens is 4. The Morgan fingerprint density at radius 2 is 1.78 bits per heavy atom. The second-order valence-corrected chi connectivity index (χ2v) is 9.28. The third kappa shape index (κ3) is 3.69. The summed E-state index contributed by atoms with van der Waals surface area (Å²) >= 11 is 2.32. The summed E-state index contributed by atoms with van der Waals surface area (Å²) in [6, 6.07) is 4.15. The normalized spacial score (nSPS) is 18.3. The van der Waals surface area contributed by atoms with Crippen LogP contribution in [-0.2, 0) is 9.31 Å². The predicted molar refractivity (Wildman–Crippen MR) is 122 cm³/mol. The number of hydrogen-bond donors (Lipinski definition) is 1. The lowest BCUT2D eigenvalue weighted by atomic mass is 9.76. The van der Waals surface area contributed by atoms with Crippen LogP contribution in [0.5, 0.6) is 0 Å². The minimum atomic E-state index is -0.405. The maximum atomic E-state index is 6.21. The molecule has 1 aliphatic rings. The molecule has 1 aliphatic heterocycles. The molecule has 0 saturated carbocycles. The molecule has 0 radical (unpaired) electrons. The van der Waals surface area contributed by atoms with Crippen LogP contribution in [0.25, 0.3) is 22.0 Å². The van der Waals surface area contributed by atoms with Crippen molar-refractivity contribution in [2.45, 2.75) is 52.7 Å². The molecule has 1 saturated heterocycles. The van der Waals surface area contributed by atoms with Gasteiger partial charge in [0.1, 0.15) is 0 Å². The van der Waals surface area contributed by atoms with Crippen molar-refractivity contribution in [2.75, 3.05) is 0 Å². The van der Waals surface area contributed by atoms with Gasteiger partial charge >= 0.3 is 7.12 Å². The molecule has 1 fully saturated rings. The Kier molecular flexibility index (Phi) is 6.01. The predicted octanol–water partition coefficient (Wildman–Crippen LogP) is 4.54. The number of halogens is 1. The zero-order valence-corrected chi connectivity index (χ0v) is 19.7. The van der Waals surface area contributed by atoms with Crippen molar-refractivity contribution in [3.8, 4) is 11.1 Å². The van der Waals surface area contributed by atoms with Crippen LogP contribution in [0.2, 0.25) is 0 Å².